The number of benzene rings is 1. The summed E-state index contributed by atoms with van der Waals surface area (Å²) >= 11 is 0. The van der Waals surface area contributed by atoms with Gasteiger partial charge in [0.25, 0.3) is 0 Å². The predicted octanol–water partition coefficient (Wildman–Crippen LogP) is -0.329. The minimum atomic E-state index is -1.29. The number of carbonyl (C=O) groups excluding carboxylic acids is 5. The number of nitrogens with one attached hydrogen (secondary N) is 5. The lowest BCUT2D eigenvalue weighted by Gasteiger charge is -2.27. The van der Waals surface area contributed by atoms with Crippen molar-refractivity contribution in [3.63, 3.8) is 0 Å². The van der Waals surface area contributed by atoms with Gasteiger partial charge in [-0.3, -0.25) is 24.0 Å². The molecule has 0 saturated carbocycles. The standard InChI is InChI=1S/C35H58N8O8/c1-5-11-25(31(46)42-28(20-23-12-10-13-24(44)19-23)34(49)43-29(35(50)51)18-21(2)3)40-33(48)27(15-7-9-17-37)41-32(47)26(14-6-8-16-36)39-30(45)22(4)38/h5,10,12-13,19,21-22,25-29,44H,1,6-9,11,14-18,20,36-38H2,2-4H3,(H,39,45)(H,40,48)(H,41,47)(H,42,46)(H,43,49)(H,50,51)/t22-,25-,26-,27-,28-,29-/m0/s1. The molecule has 0 aliphatic carbocycles. The molecule has 0 radical (unpaired) electrons. The Bertz CT molecular complexity index is 1310. The van der Waals surface area contributed by atoms with Crippen LogP contribution in [0.15, 0.2) is 36.9 Å². The molecule has 16 nitrogen and oxygen atoms in total. The van der Waals surface area contributed by atoms with Crippen LogP contribution in [0.25, 0.3) is 0 Å². The maximum absolute atomic E-state index is 13.7. The van der Waals surface area contributed by atoms with Gasteiger partial charge in [-0.15, -0.1) is 6.58 Å². The van der Waals surface area contributed by atoms with E-state index < -0.39 is 71.8 Å². The van der Waals surface area contributed by atoms with Crippen LogP contribution in [0.4, 0.5) is 0 Å². The molecule has 16 heteroatoms. The van der Waals surface area contributed by atoms with Crippen molar-refractivity contribution in [1.29, 1.82) is 0 Å². The molecular weight excluding hydrogens is 660 g/mol. The maximum Gasteiger partial charge on any atom is 0.326 e. The van der Waals surface area contributed by atoms with Crippen LogP contribution < -0.4 is 43.8 Å². The highest BCUT2D eigenvalue weighted by atomic mass is 16.4. The summed E-state index contributed by atoms with van der Waals surface area (Å²) in [6, 6.07) is -0.702. The van der Waals surface area contributed by atoms with Crippen molar-refractivity contribution in [3.05, 3.63) is 42.5 Å². The van der Waals surface area contributed by atoms with Crippen LogP contribution in [0, 0.1) is 5.92 Å². The molecule has 1 aromatic rings. The van der Waals surface area contributed by atoms with E-state index in [9.17, 15) is 39.0 Å². The van der Waals surface area contributed by atoms with Gasteiger partial charge in [-0.25, -0.2) is 4.79 Å². The van der Waals surface area contributed by atoms with Crippen molar-refractivity contribution in [2.45, 2.75) is 115 Å². The number of hydrogen-bond acceptors (Lipinski definition) is 10. The number of aromatic hydroxyl groups is 1. The third-order valence-electron chi connectivity index (χ3n) is 7.91. The average Bonchev–Trinajstić information content (AvgIpc) is 3.06. The Morgan fingerprint density at radius 1 is 0.725 bits per heavy atom. The minimum Gasteiger partial charge on any atom is -0.508 e. The molecule has 0 aliphatic heterocycles. The lowest BCUT2D eigenvalue weighted by atomic mass is 10.0. The van der Waals surface area contributed by atoms with Gasteiger partial charge >= 0.3 is 5.97 Å². The van der Waals surface area contributed by atoms with Crippen LogP contribution in [0.3, 0.4) is 0 Å². The Balaban J connectivity index is 3.30. The maximum atomic E-state index is 13.7. The molecule has 0 aromatic heterocycles. The zero-order valence-corrected chi connectivity index (χ0v) is 30.0. The number of rotatable bonds is 25. The number of aliphatic carboxylic acids is 1. The molecule has 1 aromatic carbocycles. The van der Waals surface area contributed by atoms with Gasteiger partial charge in [0, 0.05) is 6.42 Å². The van der Waals surface area contributed by atoms with Gasteiger partial charge in [-0.2, -0.15) is 0 Å². The number of amides is 5. The third-order valence-corrected chi connectivity index (χ3v) is 7.91. The summed E-state index contributed by atoms with van der Waals surface area (Å²) in [5, 5.41) is 32.8. The molecule has 1 rings (SSSR count). The first-order valence-corrected chi connectivity index (χ1v) is 17.4. The van der Waals surface area contributed by atoms with E-state index >= 15 is 0 Å². The third kappa shape index (κ3) is 17.3. The Labute approximate surface area is 300 Å². The van der Waals surface area contributed by atoms with Gasteiger partial charge in [0.2, 0.25) is 29.5 Å². The molecule has 0 unspecified atom stereocenters. The van der Waals surface area contributed by atoms with Gasteiger partial charge in [-0.1, -0.05) is 32.1 Å². The van der Waals surface area contributed by atoms with E-state index in [2.05, 4.69) is 33.2 Å². The highest BCUT2D eigenvalue weighted by Gasteiger charge is 2.32. The first-order chi connectivity index (χ1) is 24.1. The van der Waals surface area contributed by atoms with Crippen molar-refractivity contribution in [1.82, 2.24) is 26.6 Å². The van der Waals surface area contributed by atoms with Gasteiger partial charge in [0.15, 0.2) is 0 Å². The largest absolute Gasteiger partial charge is 0.508 e. The number of phenolic OH excluding ortho intramolecular Hbond substituents is 1. The fraction of sp³-hybridized carbons (Fsp3) is 0.600. The first-order valence-electron chi connectivity index (χ1n) is 17.4. The normalized spacial score (nSPS) is 14.6. The monoisotopic (exact) mass is 718 g/mol. The molecule has 6 atom stereocenters. The Morgan fingerprint density at radius 3 is 1.67 bits per heavy atom. The van der Waals surface area contributed by atoms with Crippen molar-refractivity contribution >= 4 is 35.5 Å². The summed E-state index contributed by atoms with van der Waals surface area (Å²) < 4.78 is 0. The molecule has 286 valence electrons. The molecule has 0 aliphatic rings. The van der Waals surface area contributed by atoms with Gasteiger partial charge < -0.3 is 54.0 Å². The zero-order chi connectivity index (χ0) is 38.5. The van der Waals surface area contributed by atoms with Gasteiger partial charge in [0.05, 0.1) is 6.04 Å². The van der Waals surface area contributed by atoms with Gasteiger partial charge in [0.1, 0.15) is 36.0 Å². The second-order valence-electron chi connectivity index (χ2n) is 13.0. The minimum absolute atomic E-state index is 0.0568. The fourth-order valence-electron chi connectivity index (χ4n) is 5.14. The van der Waals surface area contributed by atoms with Gasteiger partial charge in [-0.05, 0) is 95.0 Å². The molecule has 51 heavy (non-hydrogen) atoms. The molecule has 0 spiro atoms. The second-order valence-corrected chi connectivity index (χ2v) is 13.0. The van der Waals surface area contributed by atoms with Crippen LogP contribution in [0.1, 0.15) is 77.7 Å². The van der Waals surface area contributed by atoms with Crippen LogP contribution in [-0.2, 0) is 35.2 Å². The summed E-state index contributed by atoms with van der Waals surface area (Å²) in [5.41, 5.74) is 17.4. The van der Waals surface area contributed by atoms with E-state index in [0.29, 0.717) is 44.3 Å². The van der Waals surface area contributed by atoms with Crippen molar-refractivity contribution in [2.24, 2.45) is 23.1 Å². The predicted molar refractivity (Wildman–Crippen MR) is 193 cm³/mol. The zero-order valence-electron chi connectivity index (χ0n) is 30.0. The van der Waals surface area contributed by atoms with E-state index in [1.54, 1.807) is 26.0 Å². The molecule has 0 fully saturated rings. The van der Waals surface area contributed by atoms with Crippen LogP contribution >= 0.6 is 0 Å². The molecule has 0 bridgehead atoms. The number of hydrogen-bond donors (Lipinski definition) is 10. The summed E-state index contributed by atoms with van der Waals surface area (Å²) in [6.07, 6.45) is 3.95. The van der Waals surface area contributed by atoms with Crippen LogP contribution in [0.2, 0.25) is 0 Å². The SMILES string of the molecule is C=CC[C@H](NC(=O)[C@H](CCCCN)NC(=O)[C@H](CCCCN)NC(=O)[C@H](C)N)C(=O)N[C@@H](Cc1cccc(O)c1)C(=O)N[C@@H](CC(C)C)C(=O)O. The quantitative estimate of drug-likeness (QED) is 0.0462. The number of carbonyl (C=O) groups is 6. The number of carboxylic acid groups (broad SMARTS) is 1. The molecule has 0 saturated heterocycles. The number of phenols is 1. The molecular formula is C35H58N8O8. The van der Waals surface area contributed by atoms with Crippen LogP contribution in [-0.4, -0.2) is 95.1 Å². The first kappa shape index (κ1) is 44.5. The molecule has 13 N–H and O–H groups in total. The highest BCUT2D eigenvalue weighted by Crippen LogP contribution is 2.14. The number of carboxylic acids is 1. The summed E-state index contributed by atoms with van der Waals surface area (Å²) in [5.74, 6) is -4.76. The lowest BCUT2D eigenvalue weighted by molar-refractivity contribution is -0.142. The van der Waals surface area contributed by atoms with Crippen LogP contribution in [0.5, 0.6) is 5.75 Å². The van der Waals surface area contributed by atoms with E-state index in [4.69, 9.17) is 17.2 Å². The second kappa shape index (κ2) is 23.8. The lowest BCUT2D eigenvalue weighted by Crippen LogP contribution is -2.59. The molecule has 5 amide bonds. The topological polar surface area (TPSA) is 281 Å². The van der Waals surface area contributed by atoms with Crippen molar-refractivity contribution in [3.8, 4) is 5.75 Å². The van der Waals surface area contributed by atoms with E-state index in [1.165, 1.54) is 25.1 Å². The van der Waals surface area contributed by atoms with E-state index in [1.807, 2.05) is 0 Å². The molecule has 0 heterocycles. The van der Waals surface area contributed by atoms with E-state index in [-0.39, 0.29) is 43.8 Å². The smallest absolute Gasteiger partial charge is 0.326 e. The Hall–Kier alpha value is -4.54. The highest BCUT2D eigenvalue weighted by molar-refractivity contribution is 5.96. The number of unbranched alkanes of at least 4 members (excludes halogenated alkanes) is 2. The summed E-state index contributed by atoms with van der Waals surface area (Å²) in [6.45, 7) is 9.50. The summed E-state index contributed by atoms with van der Waals surface area (Å²) in [7, 11) is 0. The van der Waals surface area contributed by atoms with Crippen molar-refractivity contribution < 1.29 is 39.0 Å². The summed E-state index contributed by atoms with van der Waals surface area (Å²) in [4.78, 5) is 78.5. The van der Waals surface area contributed by atoms with Crippen molar-refractivity contribution in [2.75, 3.05) is 13.1 Å². The van der Waals surface area contributed by atoms with E-state index in [0.717, 1.165) is 0 Å². The number of nitrogens with two attached hydrogens (primary N) is 3. The Kier molecular flexibility index (Phi) is 20.7. The average molecular weight is 719 g/mol. The Morgan fingerprint density at radius 2 is 1.20 bits per heavy atom. The fourth-order valence-corrected chi connectivity index (χ4v) is 5.14.